The van der Waals surface area contributed by atoms with E-state index in [0.717, 1.165) is 59.2 Å². The third kappa shape index (κ3) is 3.85. The standard InChI is InChI=1S/C22H24N4O3S/c1-14(16-10-21(27)24-11-16)29-20-9-15(8-19-22(20)30-13-25-19)18-3-2-17(12-23-18)26-4-6-28-7-5-26/h2-3,8-9,12-14,16H,4-7,10-11H2,1H3,(H,24,27)/t14-,16-/m1/s1. The Hall–Kier alpha value is -2.71. The Labute approximate surface area is 179 Å². The fourth-order valence-corrected chi connectivity index (χ4v) is 4.72. The molecule has 0 aliphatic carbocycles. The molecule has 2 saturated heterocycles. The van der Waals surface area contributed by atoms with Gasteiger partial charge in [0, 0.05) is 37.5 Å². The molecule has 2 fully saturated rings. The van der Waals surface area contributed by atoms with E-state index in [-0.39, 0.29) is 17.9 Å². The van der Waals surface area contributed by atoms with Crippen molar-refractivity contribution in [3.8, 4) is 17.0 Å². The Balaban J connectivity index is 1.41. The van der Waals surface area contributed by atoms with Crippen LogP contribution in [0.4, 0.5) is 5.69 Å². The van der Waals surface area contributed by atoms with E-state index in [1.54, 1.807) is 11.3 Å². The van der Waals surface area contributed by atoms with Crippen LogP contribution in [0.1, 0.15) is 13.3 Å². The minimum Gasteiger partial charge on any atom is -0.489 e. The normalized spacial score (nSPS) is 20.4. The summed E-state index contributed by atoms with van der Waals surface area (Å²) < 4.78 is 12.8. The van der Waals surface area contributed by atoms with E-state index in [1.165, 1.54) is 0 Å². The number of nitrogens with zero attached hydrogens (tertiary/aromatic N) is 3. The summed E-state index contributed by atoms with van der Waals surface area (Å²) >= 11 is 1.57. The van der Waals surface area contributed by atoms with Crippen molar-refractivity contribution >= 4 is 33.1 Å². The van der Waals surface area contributed by atoms with Gasteiger partial charge in [-0.2, -0.15) is 0 Å². The number of hydrogen-bond donors (Lipinski definition) is 1. The van der Waals surface area contributed by atoms with E-state index in [2.05, 4.69) is 27.3 Å². The molecular formula is C22H24N4O3S. The van der Waals surface area contributed by atoms with Crippen LogP contribution in [0.3, 0.4) is 0 Å². The Bertz CT molecular complexity index is 1050. The molecule has 2 aliphatic heterocycles. The van der Waals surface area contributed by atoms with E-state index < -0.39 is 0 Å². The van der Waals surface area contributed by atoms with Crippen molar-refractivity contribution in [3.63, 3.8) is 0 Å². The van der Waals surface area contributed by atoms with Crippen LogP contribution < -0.4 is 15.0 Å². The number of aromatic nitrogens is 2. The van der Waals surface area contributed by atoms with Gasteiger partial charge in [-0.05, 0) is 31.2 Å². The fourth-order valence-electron chi connectivity index (χ4n) is 3.99. The van der Waals surface area contributed by atoms with Gasteiger partial charge in [0.15, 0.2) is 0 Å². The molecule has 2 aliphatic rings. The molecule has 1 aromatic carbocycles. The summed E-state index contributed by atoms with van der Waals surface area (Å²) in [6.45, 7) is 5.98. The first kappa shape index (κ1) is 19.3. The second-order valence-corrected chi connectivity index (χ2v) is 8.62. The Morgan fingerprint density at radius 1 is 1.27 bits per heavy atom. The molecule has 0 bridgehead atoms. The molecule has 1 N–H and O–H groups in total. The van der Waals surface area contributed by atoms with Crippen molar-refractivity contribution in [1.29, 1.82) is 0 Å². The van der Waals surface area contributed by atoms with E-state index in [4.69, 9.17) is 14.5 Å². The molecule has 3 aromatic rings. The van der Waals surface area contributed by atoms with Gasteiger partial charge in [-0.15, -0.1) is 11.3 Å². The summed E-state index contributed by atoms with van der Waals surface area (Å²) in [5, 5.41) is 2.89. The first-order chi connectivity index (χ1) is 14.7. The van der Waals surface area contributed by atoms with Crippen molar-refractivity contribution in [2.45, 2.75) is 19.4 Å². The van der Waals surface area contributed by atoms with E-state index >= 15 is 0 Å². The van der Waals surface area contributed by atoms with Crippen LogP contribution in [0.5, 0.6) is 5.75 Å². The molecule has 0 spiro atoms. The maximum atomic E-state index is 11.6. The zero-order chi connectivity index (χ0) is 20.5. The molecule has 8 heteroatoms. The third-order valence-electron chi connectivity index (χ3n) is 5.80. The first-order valence-corrected chi connectivity index (χ1v) is 11.1. The quantitative estimate of drug-likeness (QED) is 0.678. The largest absolute Gasteiger partial charge is 0.489 e. The minimum atomic E-state index is -0.0684. The van der Waals surface area contributed by atoms with Gasteiger partial charge in [-0.1, -0.05) is 0 Å². The number of rotatable bonds is 5. The highest BCUT2D eigenvalue weighted by Gasteiger charge is 2.28. The van der Waals surface area contributed by atoms with Gasteiger partial charge in [0.25, 0.3) is 0 Å². The van der Waals surface area contributed by atoms with Crippen LogP contribution in [-0.2, 0) is 9.53 Å². The predicted octanol–water partition coefficient (Wildman–Crippen LogP) is 3.10. The molecular weight excluding hydrogens is 400 g/mol. The summed E-state index contributed by atoms with van der Waals surface area (Å²) in [6.07, 6.45) is 2.36. The average molecular weight is 425 g/mol. The van der Waals surface area contributed by atoms with Gasteiger partial charge in [0.05, 0.1) is 46.5 Å². The second-order valence-electron chi connectivity index (χ2n) is 7.77. The fraction of sp³-hybridized carbons (Fsp3) is 0.409. The number of hydrogen-bond acceptors (Lipinski definition) is 7. The Kier molecular flexibility index (Phi) is 5.26. The van der Waals surface area contributed by atoms with Crippen LogP contribution in [0.2, 0.25) is 0 Å². The van der Waals surface area contributed by atoms with Crippen LogP contribution in [0, 0.1) is 5.92 Å². The predicted molar refractivity (Wildman–Crippen MR) is 117 cm³/mol. The number of anilines is 1. The lowest BCUT2D eigenvalue weighted by Crippen LogP contribution is -2.36. The summed E-state index contributed by atoms with van der Waals surface area (Å²) in [7, 11) is 0. The maximum absolute atomic E-state index is 11.6. The molecule has 30 heavy (non-hydrogen) atoms. The van der Waals surface area contributed by atoms with E-state index in [9.17, 15) is 4.79 Å². The number of pyridine rings is 1. The molecule has 156 valence electrons. The number of nitrogens with one attached hydrogen (secondary N) is 1. The van der Waals surface area contributed by atoms with Crippen LogP contribution >= 0.6 is 11.3 Å². The number of thiazole rings is 1. The topological polar surface area (TPSA) is 76.6 Å². The first-order valence-electron chi connectivity index (χ1n) is 10.3. The van der Waals surface area contributed by atoms with Crippen LogP contribution in [0.25, 0.3) is 21.5 Å². The highest BCUT2D eigenvalue weighted by Crippen LogP contribution is 2.36. The lowest BCUT2D eigenvalue weighted by atomic mass is 10.0. The molecule has 1 amide bonds. The monoisotopic (exact) mass is 424 g/mol. The highest BCUT2D eigenvalue weighted by molar-refractivity contribution is 7.17. The van der Waals surface area contributed by atoms with Gasteiger partial charge < -0.3 is 19.7 Å². The third-order valence-corrected chi connectivity index (χ3v) is 6.66. The number of carbonyl (C=O) groups excluding carboxylic acids is 1. The van der Waals surface area contributed by atoms with Crippen LogP contribution in [0.15, 0.2) is 36.0 Å². The van der Waals surface area contributed by atoms with Crippen molar-refractivity contribution in [2.75, 3.05) is 37.7 Å². The maximum Gasteiger partial charge on any atom is 0.220 e. The number of benzene rings is 1. The number of fused-ring (bicyclic) bond motifs is 1. The smallest absolute Gasteiger partial charge is 0.220 e. The molecule has 5 rings (SSSR count). The van der Waals surface area contributed by atoms with Gasteiger partial charge in [-0.25, -0.2) is 4.98 Å². The summed E-state index contributed by atoms with van der Waals surface area (Å²) in [5.74, 6) is 1.07. The second kappa shape index (κ2) is 8.20. The van der Waals surface area contributed by atoms with Crippen LogP contribution in [-0.4, -0.2) is 54.8 Å². The Morgan fingerprint density at radius 2 is 2.13 bits per heavy atom. The SMILES string of the molecule is C[C@@H](Oc1cc(-c2ccc(N3CCOCC3)cn2)cc2ncsc12)[C@H]1CNC(=O)C1. The Morgan fingerprint density at radius 3 is 2.87 bits per heavy atom. The number of amides is 1. The van der Waals surface area contributed by atoms with Crippen molar-refractivity contribution in [2.24, 2.45) is 5.92 Å². The average Bonchev–Trinajstić information content (AvgIpc) is 3.43. The van der Waals surface area contributed by atoms with Gasteiger partial charge in [-0.3, -0.25) is 9.78 Å². The minimum absolute atomic E-state index is 0.0684. The molecule has 0 saturated carbocycles. The number of morpholine rings is 1. The van der Waals surface area contributed by atoms with Gasteiger partial charge >= 0.3 is 0 Å². The molecule has 0 unspecified atom stereocenters. The van der Waals surface area contributed by atoms with E-state index in [1.807, 2.05) is 30.8 Å². The zero-order valence-electron chi connectivity index (χ0n) is 16.8. The molecule has 2 aromatic heterocycles. The lowest BCUT2D eigenvalue weighted by molar-refractivity contribution is -0.119. The van der Waals surface area contributed by atoms with Gasteiger partial charge in [0.2, 0.25) is 5.91 Å². The molecule has 4 heterocycles. The summed E-state index contributed by atoms with van der Waals surface area (Å²) in [5.41, 5.74) is 5.71. The zero-order valence-corrected chi connectivity index (χ0v) is 17.7. The number of carbonyl (C=O) groups is 1. The van der Waals surface area contributed by atoms with Crippen molar-refractivity contribution in [3.05, 3.63) is 36.0 Å². The number of ether oxygens (including phenoxy) is 2. The van der Waals surface area contributed by atoms with Gasteiger partial charge in [0.1, 0.15) is 11.9 Å². The van der Waals surface area contributed by atoms with Crippen molar-refractivity contribution < 1.29 is 14.3 Å². The highest BCUT2D eigenvalue weighted by atomic mass is 32.1. The van der Waals surface area contributed by atoms with Crippen molar-refractivity contribution in [1.82, 2.24) is 15.3 Å². The summed E-state index contributed by atoms with van der Waals surface area (Å²) in [6, 6.07) is 8.25. The molecule has 0 radical (unpaired) electrons. The lowest BCUT2D eigenvalue weighted by Gasteiger charge is -2.28. The van der Waals surface area contributed by atoms with E-state index in [0.29, 0.717) is 13.0 Å². The summed E-state index contributed by atoms with van der Waals surface area (Å²) in [4.78, 5) is 23.1. The molecule has 2 atom stereocenters. The molecule has 7 nitrogen and oxygen atoms in total.